The van der Waals surface area contributed by atoms with Crippen molar-refractivity contribution < 1.29 is 0 Å². The molecule has 1 aliphatic rings. The monoisotopic (exact) mass is 383 g/mol. The van der Waals surface area contributed by atoms with Crippen LogP contribution in [0.15, 0.2) is 36.7 Å². The number of piperidine rings is 1. The van der Waals surface area contributed by atoms with Gasteiger partial charge >= 0.3 is 0 Å². The first-order valence-corrected chi connectivity index (χ1v) is 9.40. The number of anilines is 3. The average molecular weight is 384 g/mol. The van der Waals surface area contributed by atoms with E-state index >= 15 is 0 Å². The van der Waals surface area contributed by atoms with Crippen LogP contribution < -0.4 is 15.1 Å². The van der Waals surface area contributed by atoms with Crippen molar-refractivity contribution in [3.05, 3.63) is 41.7 Å². The third-order valence-corrected chi connectivity index (χ3v) is 4.90. The van der Waals surface area contributed by atoms with Crippen molar-refractivity contribution in [2.24, 2.45) is 0 Å². The third kappa shape index (κ3) is 4.03. The molecule has 0 saturated carbocycles. The minimum atomic E-state index is 0.263. The van der Waals surface area contributed by atoms with E-state index in [0.717, 1.165) is 48.6 Å². The summed E-state index contributed by atoms with van der Waals surface area (Å²) in [5.41, 5.74) is 1.67. The highest BCUT2D eigenvalue weighted by Crippen LogP contribution is 2.23. The van der Waals surface area contributed by atoms with Gasteiger partial charge in [0, 0.05) is 44.4 Å². The Morgan fingerprint density at radius 1 is 1.15 bits per heavy atom. The molecule has 1 saturated heterocycles. The fourth-order valence-electron chi connectivity index (χ4n) is 3.28. The predicted octanol–water partition coefficient (Wildman–Crippen LogP) is 3.22. The third-order valence-electron chi connectivity index (χ3n) is 4.67. The van der Waals surface area contributed by atoms with Crippen LogP contribution in [0.1, 0.15) is 12.8 Å². The molecule has 1 N–H and O–H groups in total. The predicted molar refractivity (Wildman–Crippen MR) is 110 cm³/mol. The lowest BCUT2D eigenvalue weighted by molar-refractivity contribution is 0.524. The molecule has 140 valence electrons. The lowest BCUT2D eigenvalue weighted by atomic mass is 10.1. The molecular formula is C19H22ClN7. The number of benzene rings is 1. The Kier molecular flexibility index (Phi) is 4.94. The number of hydrogen-bond acceptors (Lipinski definition) is 7. The van der Waals surface area contributed by atoms with E-state index in [9.17, 15) is 0 Å². The molecule has 4 rings (SSSR count). The fraction of sp³-hybridized carbons (Fsp3) is 0.368. The van der Waals surface area contributed by atoms with Crippen LogP contribution >= 0.6 is 11.6 Å². The molecule has 27 heavy (non-hydrogen) atoms. The maximum Gasteiger partial charge on any atom is 0.224 e. The molecule has 1 aromatic carbocycles. The van der Waals surface area contributed by atoms with Crippen molar-refractivity contribution in [3.63, 3.8) is 0 Å². The molecule has 0 bridgehead atoms. The average Bonchev–Trinajstić information content (AvgIpc) is 2.68. The van der Waals surface area contributed by atoms with Gasteiger partial charge in [0.15, 0.2) is 0 Å². The van der Waals surface area contributed by atoms with E-state index in [1.807, 2.05) is 49.5 Å². The highest BCUT2D eigenvalue weighted by Gasteiger charge is 2.22. The smallest absolute Gasteiger partial charge is 0.224 e. The van der Waals surface area contributed by atoms with E-state index in [4.69, 9.17) is 16.6 Å². The molecule has 1 unspecified atom stereocenters. The van der Waals surface area contributed by atoms with Gasteiger partial charge in [0.1, 0.15) is 11.6 Å². The van der Waals surface area contributed by atoms with Gasteiger partial charge in [-0.25, -0.2) is 9.97 Å². The second-order valence-corrected chi connectivity index (χ2v) is 7.36. The number of nitrogens with one attached hydrogen (secondary N) is 1. The molecule has 8 heteroatoms. The molecule has 1 fully saturated rings. The summed E-state index contributed by atoms with van der Waals surface area (Å²) in [6.07, 6.45) is 5.75. The minimum absolute atomic E-state index is 0.263. The highest BCUT2D eigenvalue weighted by atomic mass is 35.5. The van der Waals surface area contributed by atoms with Crippen molar-refractivity contribution in [2.45, 2.75) is 18.9 Å². The molecule has 7 nitrogen and oxygen atoms in total. The number of halogens is 1. The van der Waals surface area contributed by atoms with Gasteiger partial charge in [-0.2, -0.15) is 4.98 Å². The maximum atomic E-state index is 6.03. The fourth-order valence-corrected chi connectivity index (χ4v) is 3.45. The quantitative estimate of drug-likeness (QED) is 0.741. The van der Waals surface area contributed by atoms with Gasteiger partial charge in [-0.3, -0.25) is 4.98 Å². The molecule has 3 aromatic rings. The summed E-state index contributed by atoms with van der Waals surface area (Å²) >= 11 is 6.03. The molecule has 2 aromatic heterocycles. The summed E-state index contributed by atoms with van der Waals surface area (Å²) in [6.45, 7) is 1.80. The Morgan fingerprint density at radius 2 is 2.04 bits per heavy atom. The maximum absolute atomic E-state index is 6.03. The van der Waals surface area contributed by atoms with E-state index in [-0.39, 0.29) is 6.04 Å². The van der Waals surface area contributed by atoms with E-state index in [1.165, 1.54) is 0 Å². The number of aromatic nitrogens is 4. The molecule has 0 spiro atoms. The second-order valence-electron chi connectivity index (χ2n) is 6.92. The van der Waals surface area contributed by atoms with Crippen molar-refractivity contribution in [3.8, 4) is 0 Å². The Balaban J connectivity index is 1.49. The van der Waals surface area contributed by atoms with Gasteiger partial charge in [0.2, 0.25) is 5.95 Å². The van der Waals surface area contributed by atoms with Gasteiger partial charge in [0.25, 0.3) is 0 Å². The summed E-state index contributed by atoms with van der Waals surface area (Å²) in [5.74, 6) is 2.44. The first-order valence-electron chi connectivity index (χ1n) is 9.03. The van der Waals surface area contributed by atoms with Crippen LogP contribution in [-0.4, -0.2) is 53.2 Å². The van der Waals surface area contributed by atoms with E-state index in [0.29, 0.717) is 11.0 Å². The molecule has 3 heterocycles. The Bertz CT molecular complexity index is 946. The number of hydrogen-bond donors (Lipinski definition) is 1. The largest absolute Gasteiger partial charge is 0.363 e. The lowest BCUT2D eigenvalue weighted by Gasteiger charge is -2.33. The first-order chi connectivity index (χ1) is 13.1. The zero-order chi connectivity index (χ0) is 18.8. The van der Waals surface area contributed by atoms with Gasteiger partial charge in [-0.15, -0.1) is 0 Å². The van der Waals surface area contributed by atoms with Gasteiger partial charge in [0.05, 0.1) is 17.2 Å². The van der Waals surface area contributed by atoms with Gasteiger partial charge < -0.3 is 15.1 Å². The molecule has 0 aliphatic carbocycles. The summed E-state index contributed by atoms with van der Waals surface area (Å²) in [6, 6.07) is 7.75. The lowest BCUT2D eigenvalue weighted by Crippen LogP contribution is -2.42. The number of nitrogens with zero attached hydrogens (tertiary/aromatic N) is 6. The number of rotatable bonds is 4. The summed E-state index contributed by atoms with van der Waals surface area (Å²) < 4.78 is 0. The second kappa shape index (κ2) is 7.52. The molecule has 1 aliphatic heterocycles. The summed E-state index contributed by atoms with van der Waals surface area (Å²) in [4.78, 5) is 22.4. The Labute approximate surface area is 163 Å². The highest BCUT2D eigenvalue weighted by molar-refractivity contribution is 6.31. The SMILES string of the molecule is CN(C)c1ccnc(NC2CCCN(c3cnc4cc(Cl)ccc4n3)C2)n1. The van der Waals surface area contributed by atoms with Crippen LogP contribution in [0.25, 0.3) is 11.0 Å². The molecule has 1 atom stereocenters. The summed E-state index contributed by atoms with van der Waals surface area (Å²) in [5, 5.41) is 4.14. The Hall–Kier alpha value is -2.67. The van der Waals surface area contributed by atoms with Crippen molar-refractivity contribution >= 4 is 40.2 Å². The summed E-state index contributed by atoms with van der Waals surface area (Å²) in [7, 11) is 3.94. The first kappa shape index (κ1) is 17.7. The molecule has 0 amide bonds. The van der Waals surface area contributed by atoms with Gasteiger partial charge in [-0.05, 0) is 37.1 Å². The topological polar surface area (TPSA) is 70.1 Å². The van der Waals surface area contributed by atoms with Crippen molar-refractivity contribution in [2.75, 3.05) is 42.3 Å². The molecule has 0 radical (unpaired) electrons. The van der Waals surface area contributed by atoms with Crippen LogP contribution in [-0.2, 0) is 0 Å². The minimum Gasteiger partial charge on any atom is -0.363 e. The van der Waals surface area contributed by atoms with Gasteiger partial charge in [-0.1, -0.05) is 11.6 Å². The zero-order valence-electron chi connectivity index (χ0n) is 15.4. The zero-order valence-corrected chi connectivity index (χ0v) is 16.2. The van der Waals surface area contributed by atoms with Crippen LogP contribution in [0.3, 0.4) is 0 Å². The van der Waals surface area contributed by atoms with E-state index < -0.39 is 0 Å². The van der Waals surface area contributed by atoms with Crippen LogP contribution in [0.5, 0.6) is 0 Å². The number of fused-ring (bicyclic) bond motifs is 1. The molecular weight excluding hydrogens is 362 g/mol. The van der Waals surface area contributed by atoms with Crippen LogP contribution in [0.4, 0.5) is 17.6 Å². The van der Waals surface area contributed by atoms with Crippen molar-refractivity contribution in [1.29, 1.82) is 0 Å². The van der Waals surface area contributed by atoms with E-state index in [1.54, 1.807) is 6.20 Å². The van der Waals surface area contributed by atoms with Crippen LogP contribution in [0, 0.1) is 0 Å². The Morgan fingerprint density at radius 3 is 2.89 bits per heavy atom. The van der Waals surface area contributed by atoms with Crippen molar-refractivity contribution in [1.82, 2.24) is 19.9 Å². The van der Waals surface area contributed by atoms with E-state index in [2.05, 4.69) is 25.2 Å². The standard InChI is InChI=1S/C19H22ClN7/c1-26(2)17-7-8-21-19(25-17)23-14-4-3-9-27(12-14)18-11-22-16-10-13(20)5-6-15(16)24-18/h5-8,10-11,14H,3-4,9,12H2,1-2H3,(H,21,23,25). The van der Waals surface area contributed by atoms with Crippen LogP contribution in [0.2, 0.25) is 5.02 Å². The normalized spacial score (nSPS) is 17.1.